The van der Waals surface area contributed by atoms with E-state index in [1.54, 1.807) is 23.1 Å². The third kappa shape index (κ3) is 7.34. The molecule has 0 saturated heterocycles. The van der Waals surface area contributed by atoms with Gasteiger partial charge in [0.05, 0.1) is 18.7 Å². The second kappa shape index (κ2) is 13.0. The summed E-state index contributed by atoms with van der Waals surface area (Å²) in [5, 5.41) is 12.0. The first-order chi connectivity index (χ1) is 16.4. The Kier molecular flexibility index (Phi) is 10.0. The van der Waals surface area contributed by atoms with E-state index >= 15 is 0 Å². The van der Waals surface area contributed by atoms with Crippen LogP contribution in [-0.2, 0) is 17.1 Å². The van der Waals surface area contributed by atoms with Crippen LogP contribution in [0, 0.1) is 0 Å². The van der Waals surface area contributed by atoms with Crippen molar-refractivity contribution in [1.82, 2.24) is 4.98 Å². The number of nitrogens with zero attached hydrogens (tertiary/aromatic N) is 2. The van der Waals surface area contributed by atoms with Crippen LogP contribution in [0.25, 0.3) is 11.3 Å². The molecule has 3 rings (SSSR count). The number of anilines is 1. The number of benzene rings is 2. The number of thiazole rings is 1. The average molecular weight is 497 g/mol. The van der Waals surface area contributed by atoms with Crippen LogP contribution in [0.3, 0.4) is 0 Å². The highest BCUT2D eigenvalue weighted by Gasteiger charge is 2.15. The molecule has 0 amide bonds. The standard InChI is InChI=1S/C28H36N2O2S2/c1-5-22(6-2)23-11-13-25(14-12-23)30(20(3)4)17-27-29-26(19-34-27)24-9-7-21(8-10-24)18-33-16-15-28(31)32/h7-14,19-20,22H,5-6,15-18H2,1-4H3,(H,31,32). The van der Waals surface area contributed by atoms with Gasteiger partial charge in [0, 0.05) is 34.2 Å². The Hall–Kier alpha value is -2.31. The van der Waals surface area contributed by atoms with Crippen LogP contribution >= 0.6 is 23.1 Å². The summed E-state index contributed by atoms with van der Waals surface area (Å²) in [5.41, 5.74) is 6.01. The second-order valence-corrected chi connectivity index (χ2v) is 10.9. The van der Waals surface area contributed by atoms with Gasteiger partial charge in [-0.3, -0.25) is 4.79 Å². The fourth-order valence-corrected chi connectivity index (χ4v) is 5.75. The number of rotatable bonds is 13. The van der Waals surface area contributed by atoms with Gasteiger partial charge in [0.15, 0.2) is 0 Å². The van der Waals surface area contributed by atoms with E-state index in [2.05, 4.69) is 86.5 Å². The third-order valence-electron chi connectivity index (χ3n) is 6.14. The molecule has 0 unspecified atom stereocenters. The third-order valence-corrected chi connectivity index (χ3v) is 8.00. The van der Waals surface area contributed by atoms with Gasteiger partial charge in [-0.15, -0.1) is 11.3 Å². The maximum atomic E-state index is 10.6. The molecular weight excluding hydrogens is 460 g/mol. The van der Waals surface area contributed by atoms with E-state index in [1.165, 1.54) is 29.7 Å². The van der Waals surface area contributed by atoms with Crippen molar-refractivity contribution >= 4 is 34.8 Å². The lowest BCUT2D eigenvalue weighted by atomic mass is 9.94. The van der Waals surface area contributed by atoms with Gasteiger partial charge in [-0.2, -0.15) is 11.8 Å². The Morgan fingerprint density at radius 1 is 1.06 bits per heavy atom. The molecule has 3 aromatic rings. The van der Waals surface area contributed by atoms with E-state index in [0.29, 0.717) is 17.7 Å². The highest BCUT2D eigenvalue weighted by atomic mass is 32.2. The normalized spacial score (nSPS) is 11.4. The van der Waals surface area contributed by atoms with E-state index < -0.39 is 5.97 Å². The van der Waals surface area contributed by atoms with Crippen LogP contribution in [0.1, 0.15) is 69.0 Å². The van der Waals surface area contributed by atoms with Gasteiger partial charge in [-0.1, -0.05) is 50.2 Å². The molecule has 0 aliphatic heterocycles. The number of hydrogen-bond acceptors (Lipinski definition) is 5. The molecule has 1 N–H and O–H groups in total. The van der Waals surface area contributed by atoms with E-state index in [-0.39, 0.29) is 6.42 Å². The number of hydrogen-bond donors (Lipinski definition) is 1. The summed E-state index contributed by atoms with van der Waals surface area (Å²) in [6.45, 7) is 9.78. The summed E-state index contributed by atoms with van der Waals surface area (Å²) < 4.78 is 0. The molecule has 4 nitrogen and oxygen atoms in total. The molecule has 34 heavy (non-hydrogen) atoms. The molecular formula is C28H36N2O2S2. The molecule has 0 aliphatic carbocycles. The minimum atomic E-state index is -0.739. The van der Waals surface area contributed by atoms with E-state index in [4.69, 9.17) is 10.1 Å². The minimum Gasteiger partial charge on any atom is -0.481 e. The van der Waals surface area contributed by atoms with Crippen molar-refractivity contribution in [3.8, 4) is 11.3 Å². The summed E-state index contributed by atoms with van der Waals surface area (Å²) in [4.78, 5) is 18.0. The average Bonchev–Trinajstić information content (AvgIpc) is 3.30. The van der Waals surface area contributed by atoms with Gasteiger partial charge in [0.25, 0.3) is 0 Å². The Bertz CT molecular complexity index is 1030. The lowest BCUT2D eigenvalue weighted by Crippen LogP contribution is -2.30. The quantitative estimate of drug-likeness (QED) is 0.244. The molecule has 0 saturated carbocycles. The zero-order chi connectivity index (χ0) is 24.5. The minimum absolute atomic E-state index is 0.208. The molecule has 0 bridgehead atoms. The summed E-state index contributed by atoms with van der Waals surface area (Å²) in [6.07, 6.45) is 2.56. The number of carbonyl (C=O) groups is 1. The zero-order valence-electron chi connectivity index (χ0n) is 20.7. The smallest absolute Gasteiger partial charge is 0.304 e. The molecule has 0 radical (unpaired) electrons. The predicted molar refractivity (Wildman–Crippen MR) is 147 cm³/mol. The van der Waals surface area contributed by atoms with Crippen LogP contribution in [0.4, 0.5) is 5.69 Å². The zero-order valence-corrected chi connectivity index (χ0v) is 22.3. The summed E-state index contributed by atoms with van der Waals surface area (Å²) in [7, 11) is 0. The Balaban J connectivity index is 1.64. The fraction of sp³-hybridized carbons (Fsp3) is 0.429. The summed E-state index contributed by atoms with van der Waals surface area (Å²) in [5.74, 6) is 1.36. The van der Waals surface area contributed by atoms with Gasteiger partial charge >= 0.3 is 5.97 Å². The van der Waals surface area contributed by atoms with Crippen LogP contribution in [-0.4, -0.2) is 27.9 Å². The molecule has 2 aromatic carbocycles. The monoisotopic (exact) mass is 496 g/mol. The molecule has 1 heterocycles. The molecule has 182 valence electrons. The Morgan fingerprint density at radius 3 is 2.32 bits per heavy atom. The maximum Gasteiger partial charge on any atom is 0.304 e. The van der Waals surface area contributed by atoms with Crippen molar-refractivity contribution in [1.29, 1.82) is 0 Å². The number of carboxylic acids is 1. The van der Waals surface area contributed by atoms with Crippen LogP contribution in [0.15, 0.2) is 53.9 Å². The number of thioether (sulfide) groups is 1. The molecule has 0 aliphatic rings. The fourth-order valence-electron chi connectivity index (χ4n) is 4.05. The van der Waals surface area contributed by atoms with E-state index in [0.717, 1.165) is 28.6 Å². The first kappa shape index (κ1) is 26.3. The van der Waals surface area contributed by atoms with Crippen molar-refractivity contribution in [2.24, 2.45) is 0 Å². The first-order valence-electron chi connectivity index (χ1n) is 12.1. The predicted octanol–water partition coefficient (Wildman–Crippen LogP) is 7.84. The van der Waals surface area contributed by atoms with Crippen LogP contribution in [0.5, 0.6) is 0 Å². The van der Waals surface area contributed by atoms with E-state index in [9.17, 15) is 4.79 Å². The number of carboxylic acid groups (broad SMARTS) is 1. The highest BCUT2D eigenvalue weighted by molar-refractivity contribution is 7.98. The molecule has 0 atom stereocenters. The SMILES string of the molecule is CCC(CC)c1ccc(N(Cc2nc(-c3ccc(CSCCC(=O)O)cc3)cs2)C(C)C)cc1. The topological polar surface area (TPSA) is 53.4 Å². The number of aromatic nitrogens is 1. The lowest BCUT2D eigenvalue weighted by Gasteiger charge is -2.28. The first-order valence-corrected chi connectivity index (χ1v) is 14.1. The molecule has 0 spiro atoms. The Morgan fingerprint density at radius 2 is 1.74 bits per heavy atom. The number of aliphatic carboxylic acids is 1. The van der Waals surface area contributed by atoms with Crippen molar-refractivity contribution in [2.45, 2.75) is 71.2 Å². The van der Waals surface area contributed by atoms with Crippen molar-refractivity contribution in [3.05, 3.63) is 70.0 Å². The van der Waals surface area contributed by atoms with Gasteiger partial charge in [0.1, 0.15) is 5.01 Å². The molecule has 0 fully saturated rings. The molecule has 6 heteroatoms. The van der Waals surface area contributed by atoms with Crippen molar-refractivity contribution in [2.75, 3.05) is 10.7 Å². The van der Waals surface area contributed by atoms with Gasteiger partial charge in [-0.25, -0.2) is 4.98 Å². The van der Waals surface area contributed by atoms with Crippen molar-refractivity contribution in [3.63, 3.8) is 0 Å². The highest BCUT2D eigenvalue weighted by Crippen LogP contribution is 2.29. The van der Waals surface area contributed by atoms with E-state index in [1.807, 2.05) is 0 Å². The van der Waals surface area contributed by atoms with Crippen molar-refractivity contribution < 1.29 is 9.90 Å². The maximum absolute atomic E-state index is 10.6. The Labute approximate surface area is 212 Å². The lowest BCUT2D eigenvalue weighted by molar-refractivity contribution is -0.136. The summed E-state index contributed by atoms with van der Waals surface area (Å²) >= 11 is 3.36. The van der Waals surface area contributed by atoms with Gasteiger partial charge in [-0.05, 0) is 55.9 Å². The second-order valence-electron chi connectivity index (χ2n) is 8.85. The van der Waals surface area contributed by atoms with Crippen LogP contribution in [0.2, 0.25) is 0 Å². The van der Waals surface area contributed by atoms with Gasteiger partial charge < -0.3 is 10.0 Å². The molecule has 1 aromatic heterocycles. The largest absolute Gasteiger partial charge is 0.481 e. The summed E-state index contributed by atoms with van der Waals surface area (Å²) in [6, 6.07) is 17.9. The van der Waals surface area contributed by atoms with Crippen LogP contribution < -0.4 is 4.90 Å². The van der Waals surface area contributed by atoms with Gasteiger partial charge in [0.2, 0.25) is 0 Å².